The minimum atomic E-state index is -0.331. The highest BCUT2D eigenvalue weighted by molar-refractivity contribution is 5.86. The van der Waals surface area contributed by atoms with E-state index in [4.69, 9.17) is 5.73 Å². The molecule has 0 bridgehead atoms. The van der Waals surface area contributed by atoms with E-state index in [2.05, 4.69) is 15.9 Å². The summed E-state index contributed by atoms with van der Waals surface area (Å²) in [6.07, 6.45) is 5.97. The molecule has 2 heterocycles. The molecule has 3 N–H and O–H groups in total. The van der Waals surface area contributed by atoms with E-state index in [1.165, 1.54) is 0 Å². The summed E-state index contributed by atoms with van der Waals surface area (Å²) < 4.78 is 0. The summed E-state index contributed by atoms with van der Waals surface area (Å²) in [6.45, 7) is 2.36. The fourth-order valence-corrected chi connectivity index (χ4v) is 5.20. The number of aliphatic hydroxyl groups excluding tert-OH is 1. The first-order valence-electron chi connectivity index (χ1n) is 10.1. The van der Waals surface area contributed by atoms with Crippen molar-refractivity contribution in [1.82, 2.24) is 4.90 Å². The van der Waals surface area contributed by atoms with E-state index >= 15 is 0 Å². The molecule has 0 aromatic heterocycles. The number of hydrogen-bond acceptors (Lipinski definition) is 5. The molecule has 3 fully saturated rings. The smallest absolute Gasteiger partial charge is 0.230 e. The highest BCUT2D eigenvalue weighted by atomic mass is 16.3. The number of amides is 1. The normalized spacial score (nSPS) is 31.3. The number of rotatable bonds is 2. The maximum atomic E-state index is 13.4. The summed E-state index contributed by atoms with van der Waals surface area (Å²) in [5.74, 6) is 0.280. The van der Waals surface area contributed by atoms with Gasteiger partial charge in [-0.05, 0) is 63.1 Å². The van der Waals surface area contributed by atoms with Crippen LogP contribution in [0.4, 0.5) is 11.4 Å². The van der Waals surface area contributed by atoms with Gasteiger partial charge < -0.3 is 20.6 Å². The van der Waals surface area contributed by atoms with Gasteiger partial charge in [0.25, 0.3) is 0 Å². The quantitative estimate of drug-likeness (QED) is 0.781. The van der Waals surface area contributed by atoms with Crippen molar-refractivity contribution in [2.45, 2.75) is 57.1 Å². The average molecular weight is 368 g/mol. The number of carbonyl (C=O) groups excluding carboxylic acids is 1. The Balaban J connectivity index is 1.53. The molecule has 3 aliphatic rings. The maximum absolute atomic E-state index is 13.4. The van der Waals surface area contributed by atoms with Crippen LogP contribution in [-0.4, -0.2) is 47.7 Å². The number of anilines is 2. The van der Waals surface area contributed by atoms with Crippen molar-refractivity contribution in [1.29, 1.82) is 5.26 Å². The Kier molecular flexibility index (Phi) is 4.73. The number of nitrogens with zero attached hydrogens (tertiary/aromatic N) is 3. The van der Waals surface area contributed by atoms with E-state index in [0.717, 1.165) is 63.7 Å². The molecular formula is C21H28N4O2. The predicted molar refractivity (Wildman–Crippen MR) is 104 cm³/mol. The molecule has 2 aliphatic heterocycles. The third-order valence-electron chi connectivity index (χ3n) is 6.71. The van der Waals surface area contributed by atoms with Crippen LogP contribution in [-0.2, 0) is 4.79 Å². The van der Waals surface area contributed by atoms with Crippen LogP contribution in [0.2, 0.25) is 0 Å². The summed E-state index contributed by atoms with van der Waals surface area (Å²) in [7, 11) is 0. The minimum absolute atomic E-state index is 0.201. The molecule has 0 unspecified atom stereocenters. The summed E-state index contributed by atoms with van der Waals surface area (Å²) >= 11 is 0. The summed E-state index contributed by atoms with van der Waals surface area (Å²) in [4.78, 5) is 17.7. The lowest BCUT2D eigenvalue weighted by molar-refractivity contribution is -0.139. The number of aliphatic hydroxyl groups is 1. The zero-order valence-corrected chi connectivity index (χ0v) is 15.7. The molecule has 144 valence electrons. The first-order chi connectivity index (χ1) is 13.0. The van der Waals surface area contributed by atoms with Gasteiger partial charge in [0.1, 0.15) is 6.07 Å². The SMILES string of the molecule is N#Cc1cc(N)ccc1N1CCC[C@@]2(CCN(C3CCC(O)CC3)C2=O)C1. The molecule has 2 saturated heterocycles. The molecule has 6 nitrogen and oxygen atoms in total. The number of carbonyl (C=O) groups is 1. The van der Waals surface area contributed by atoms with Gasteiger partial charge in [0, 0.05) is 31.4 Å². The van der Waals surface area contributed by atoms with Gasteiger partial charge in [-0.25, -0.2) is 0 Å². The van der Waals surface area contributed by atoms with Crippen LogP contribution in [0.1, 0.15) is 50.5 Å². The van der Waals surface area contributed by atoms with Crippen molar-refractivity contribution in [3.05, 3.63) is 23.8 Å². The van der Waals surface area contributed by atoms with Gasteiger partial charge in [-0.2, -0.15) is 5.26 Å². The molecule has 1 spiro atoms. The van der Waals surface area contributed by atoms with Gasteiger partial charge in [-0.1, -0.05) is 0 Å². The first kappa shape index (κ1) is 18.1. The van der Waals surface area contributed by atoms with E-state index in [1.807, 2.05) is 12.1 Å². The Labute approximate surface area is 160 Å². The molecule has 1 aliphatic carbocycles. The zero-order chi connectivity index (χ0) is 19.0. The van der Waals surface area contributed by atoms with E-state index in [1.54, 1.807) is 6.07 Å². The van der Waals surface area contributed by atoms with Gasteiger partial charge in [0.2, 0.25) is 5.91 Å². The second kappa shape index (κ2) is 7.05. The summed E-state index contributed by atoms with van der Waals surface area (Å²) in [5.41, 5.74) is 7.56. The fourth-order valence-electron chi connectivity index (χ4n) is 5.20. The van der Waals surface area contributed by atoms with Crippen molar-refractivity contribution in [2.24, 2.45) is 5.41 Å². The molecular weight excluding hydrogens is 340 g/mol. The van der Waals surface area contributed by atoms with E-state index in [0.29, 0.717) is 17.8 Å². The highest BCUT2D eigenvalue weighted by Gasteiger charge is 2.50. The lowest BCUT2D eigenvalue weighted by Crippen LogP contribution is -2.50. The van der Waals surface area contributed by atoms with Crippen molar-refractivity contribution in [3.8, 4) is 6.07 Å². The van der Waals surface area contributed by atoms with E-state index in [-0.39, 0.29) is 23.5 Å². The van der Waals surface area contributed by atoms with Crippen LogP contribution >= 0.6 is 0 Å². The van der Waals surface area contributed by atoms with Crippen molar-refractivity contribution < 1.29 is 9.90 Å². The fraction of sp³-hybridized carbons (Fsp3) is 0.619. The third kappa shape index (κ3) is 3.25. The standard InChI is InChI=1S/C21H28N4O2/c22-13-15-12-16(23)2-7-19(15)24-10-1-8-21(14-24)9-11-25(20(21)27)17-3-5-18(26)6-4-17/h2,7,12,17-18,26H,1,3-6,8-11,14,23H2/t17?,18?,21-/m1/s1. The first-order valence-corrected chi connectivity index (χ1v) is 10.1. The molecule has 1 saturated carbocycles. The topological polar surface area (TPSA) is 93.6 Å². The number of hydrogen-bond donors (Lipinski definition) is 2. The van der Waals surface area contributed by atoms with E-state index in [9.17, 15) is 15.2 Å². The molecule has 1 amide bonds. The van der Waals surface area contributed by atoms with Crippen molar-refractivity contribution in [2.75, 3.05) is 30.3 Å². The van der Waals surface area contributed by atoms with Crippen LogP contribution in [0.25, 0.3) is 0 Å². The Morgan fingerprint density at radius 3 is 2.70 bits per heavy atom. The number of benzene rings is 1. The largest absolute Gasteiger partial charge is 0.399 e. The van der Waals surface area contributed by atoms with Crippen LogP contribution in [0.15, 0.2) is 18.2 Å². The number of likely N-dealkylation sites (tertiary alicyclic amines) is 1. The van der Waals surface area contributed by atoms with Gasteiger partial charge in [-0.3, -0.25) is 4.79 Å². The maximum Gasteiger partial charge on any atom is 0.230 e. The molecule has 0 radical (unpaired) electrons. The van der Waals surface area contributed by atoms with Gasteiger partial charge in [0.05, 0.1) is 22.8 Å². The second-order valence-corrected chi connectivity index (χ2v) is 8.40. The molecule has 1 aromatic carbocycles. The number of nitrogen functional groups attached to an aromatic ring is 1. The minimum Gasteiger partial charge on any atom is -0.399 e. The zero-order valence-electron chi connectivity index (χ0n) is 15.7. The lowest BCUT2D eigenvalue weighted by atomic mass is 9.78. The third-order valence-corrected chi connectivity index (χ3v) is 6.71. The van der Waals surface area contributed by atoms with Crippen LogP contribution in [0, 0.1) is 16.7 Å². The Bertz CT molecular complexity index is 766. The van der Waals surface area contributed by atoms with Crippen molar-refractivity contribution >= 4 is 17.3 Å². The second-order valence-electron chi connectivity index (χ2n) is 8.40. The lowest BCUT2D eigenvalue weighted by Gasteiger charge is -2.41. The molecule has 6 heteroatoms. The van der Waals surface area contributed by atoms with Gasteiger partial charge in [-0.15, -0.1) is 0 Å². The van der Waals surface area contributed by atoms with E-state index < -0.39 is 0 Å². The number of nitrogens with two attached hydrogens (primary N) is 1. The number of piperidine rings is 1. The molecule has 4 rings (SSSR count). The highest BCUT2D eigenvalue weighted by Crippen LogP contribution is 2.43. The van der Waals surface area contributed by atoms with Crippen LogP contribution < -0.4 is 10.6 Å². The van der Waals surface area contributed by atoms with Crippen LogP contribution in [0.3, 0.4) is 0 Å². The Morgan fingerprint density at radius 1 is 1.19 bits per heavy atom. The Hall–Kier alpha value is -2.26. The predicted octanol–water partition coefficient (Wildman–Crippen LogP) is 2.26. The average Bonchev–Trinajstić information content (AvgIpc) is 2.98. The van der Waals surface area contributed by atoms with Gasteiger partial charge >= 0.3 is 0 Å². The monoisotopic (exact) mass is 368 g/mol. The molecule has 27 heavy (non-hydrogen) atoms. The summed E-state index contributed by atoms with van der Waals surface area (Å²) in [5, 5.41) is 19.3. The molecule has 1 atom stereocenters. The Morgan fingerprint density at radius 2 is 1.96 bits per heavy atom. The van der Waals surface area contributed by atoms with Gasteiger partial charge in [0.15, 0.2) is 0 Å². The summed E-state index contributed by atoms with van der Waals surface area (Å²) in [6, 6.07) is 7.98. The van der Waals surface area contributed by atoms with Crippen LogP contribution in [0.5, 0.6) is 0 Å². The van der Waals surface area contributed by atoms with Crippen molar-refractivity contribution in [3.63, 3.8) is 0 Å². The number of nitriles is 1. The molecule has 1 aromatic rings.